The molecule has 0 N–H and O–H groups in total. The Morgan fingerprint density at radius 3 is 2.52 bits per heavy atom. The van der Waals surface area contributed by atoms with Gasteiger partial charge in [-0.3, -0.25) is 14.6 Å². The molecule has 148 valence electrons. The summed E-state index contributed by atoms with van der Waals surface area (Å²) in [5.74, 6) is -0.219. The number of Topliss-reactive ketones (excluding diaryl/α,β-unsaturated/α-hetero) is 1. The first-order valence-corrected chi connectivity index (χ1v) is 9.91. The van der Waals surface area contributed by atoms with Gasteiger partial charge in [0.05, 0.1) is 11.4 Å². The highest BCUT2D eigenvalue weighted by atomic mass is 16.2. The first kappa shape index (κ1) is 19.1. The van der Waals surface area contributed by atoms with Crippen LogP contribution in [0.1, 0.15) is 45.1 Å². The second-order valence-electron chi connectivity index (χ2n) is 7.56. The smallest absolute Gasteiger partial charge is 0.253 e. The number of piperidine rings is 1. The van der Waals surface area contributed by atoms with E-state index >= 15 is 0 Å². The average Bonchev–Trinajstić information content (AvgIpc) is 3.11. The van der Waals surface area contributed by atoms with Gasteiger partial charge in [0.15, 0.2) is 5.78 Å². The van der Waals surface area contributed by atoms with Crippen LogP contribution in [-0.2, 0) is 0 Å². The Kier molecular flexibility index (Phi) is 5.25. The predicted octanol–water partition coefficient (Wildman–Crippen LogP) is 3.62. The predicted molar refractivity (Wildman–Crippen MR) is 110 cm³/mol. The maximum absolute atomic E-state index is 13.0. The van der Waals surface area contributed by atoms with Gasteiger partial charge in [0.1, 0.15) is 5.69 Å². The van der Waals surface area contributed by atoms with Crippen molar-refractivity contribution in [2.24, 2.45) is 5.92 Å². The number of carbonyl (C=O) groups is 2. The summed E-state index contributed by atoms with van der Waals surface area (Å²) in [5.41, 5.74) is 4.03. The van der Waals surface area contributed by atoms with Crippen LogP contribution >= 0.6 is 0 Å². The Labute approximate surface area is 170 Å². The maximum Gasteiger partial charge on any atom is 0.253 e. The van der Waals surface area contributed by atoms with E-state index in [1.165, 1.54) is 0 Å². The van der Waals surface area contributed by atoms with Gasteiger partial charge in [0, 0.05) is 36.5 Å². The summed E-state index contributed by atoms with van der Waals surface area (Å²) in [6, 6.07) is 14.8. The molecule has 0 spiro atoms. The van der Waals surface area contributed by atoms with Crippen molar-refractivity contribution in [1.29, 1.82) is 0 Å². The van der Waals surface area contributed by atoms with Crippen molar-refractivity contribution in [3.63, 3.8) is 0 Å². The molecule has 4 rings (SSSR count). The number of benzene rings is 1. The van der Waals surface area contributed by atoms with Crippen molar-refractivity contribution in [3.8, 4) is 5.69 Å². The van der Waals surface area contributed by atoms with Crippen LogP contribution < -0.4 is 0 Å². The summed E-state index contributed by atoms with van der Waals surface area (Å²) >= 11 is 0. The highest BCUT2D eigenvalue weighted by Crippen LogP contribution is 2.22. The number of amides is 1. The van der Waals surface area contributed by atoms with Gasteiger partial charge in [-0.1, -0.05) is 6.07 Å². The first-order valence-electron chi connectivity index (χ1n) is 9.91. The monoisotopic (exact) mass is 388 g/mol. The minimum atomic E-state index is -0.198. The van der Waals surface area contributed by atoms with Crippen LogP contribution in [0.5, 0.6) is 0 Å². The molecule has 3 aromatic rings. The summed E-state index contributed by atoms with van der Waals surface area (Å²) in [7, 11) is 0. The van der Waals surface area contributed by atoms with Gasteiger partial charge in [-0.15, -0.1) is 0 Å². The lowest BCUT2D eigenvalue weighted by Gasteiger charge is -2.32. The minimum Gasteiger partial charge on any atom is -0.338 e. The van der Waals surface area contributed by atoms with Crippen LogP contribution in [0.25, 0.3) is 5.69 Å². The van der Waals surface area contributed by atoms with Crippen molar-refractivity contribution in [3.05, 3.63) is 77.4 Å². The Morgan fingerprint density at radius 1 is 1.07 bits per heavy atom. The highest BCUT2D eigenvalue weighted by Gasteiger charge is 2.30. The molecule has 0 aliphatic carbocycles. The molecular weight excluding hydrogens is 364 g/mol. The molecule has 1 aliphatic heterocycles. The van der Waals surface area contributed by atoms with Crippen molar-refractivity contribution in [2.75, 3.05) is 13.1 Å². The van der Waals surface area contributed by atoms with Crippen LogP contribution in [0.4, 0.5) is 0 Å². The van der Waals surface area contributed by atoms with Crippen LogP contribution in [0.15, 0.2) is 54.7 Å². The van der Waals surface area contributed by atoms with Crippen LogP contribution in [0, 0.1) is 19.8 Å². The summed E-state index contributed by atoms with van der Waals surface area (Å²) in [6.45, 7) is 5.07. The Morgan fingerprint density at radius 2 is 1.86 bits per heavy atom. The second kappa shape index (κ2) is 7.99. The number of aromatic nitrogens is 3. The fourth-order valence-corrected chi connectivity index (χ4v) is 3.91. The standard InChI is InChI=1S/C23H24N4O2/c1-16-14-17(2)27(25-16)20-10-8-18(9-11-20)23(29)26-13-5-6-19(15-26)22(28)21-7-3-4-12-24-21/h3-4,7-12,14,19H,5-6,13,15H2,1-2H3/t19-/m0/s1. The number of likely N-dealkylation sites (tertiary alicyclic amines) is 1. The molecule has 0 bridgehead atoms. The SMILES string of the molecule is Cc1cc(C)n(-c2ccc(C(=O)N3CCC[C@H](C(=O)c4ccccn4)C3)cc2)n1. The molecule has 1 amide bonds. The Bertz CT molecular complexity index is 1020. The third-order valence-electron chi connectivity index (χ3n) is 5.37. The molecular formula is C23H24N4O2. The first-order chi connectivity index (χ1) is 14.0. The average molecular weight is 388 g/mol. The highest BCUT2D eigenvalue weighted by molar-refractivity contribution is 5.98. The van der Waals surface area contributed by atoms with E-state index in [2.05, 4.69) is 10.1 Å². The van der Waals surface area contributed by atoms with Gasteiger partial charge in [-0.2, -0.15) is 5.10 Å². The number of pyridine rings is 1. The van der Waals surface area contributed by atoms with Crippen molar-refractivity contribution >= 4 is 11.7 Å². The second-order valence-corrected chi connectivity index (χ2v) is 7.56. The molecule has 1 atom stereocenters. The fraction of sp³-hybridized carbons (Fsp3) is 0.304. The number of carbonyl (C=O) groups excluding carboxylic acids is 2. The van der Waals surface area contributed by atoms with E-state index in [-0.39, 0.29) is 17.6 Å². The third-order valence-corrected chi connectivity index (χ3v) is 5.37. The van der Waals surface area contributed by atoms with Crippen molar-refractivity contribution < 1.29 is 9.59 Å². The van der Waals surface area contributed by atoms with E-state index in [9.17, 15) is 9.59 Å². The molecule has 0 saturated carbocycles. The molecule has 6 nitrogen and oxygen atoms in total. The summed E-state index contributed by atoms with van der Waals surface area (Å²) < 4.78 is 1.87. The molecule has 1 fully saturated rings. The molecule has 1 aromatic carbocycles. The number of rotatable bonds is 4. The van der Waals surface area contributed by atoms with Crippen LogP contribution in [0.2, 0.25) is 0 Å². The molecule has 2 aromatic heterocycles. The maximum atomic E-state index is 13.0. The van der Waals surface area contributed by atoms with Gasteiger partial charge in [-0.25, -0.2) is 4.68 Å². The third kappa shape index (κ3) is 3.97. The molecule has 0 radical (unpaired) electrons. The molecule has 3 heterocycles. The lowest BCUT2D eigenvalue weighted by molar-refractivity contribution is 0.0635. The number of hydrogen-bond acceptors (Lipinski definition) is 4. The minimum absolute atomic E-state index is 0.0166. The zero-order chi connectivity index (χ0) is 20.4. The molecule has 1 aliphatic rings. The Hall–Kier alpha value is -3.28. The topological polar surface area (TPSA) is 68.1 Å². The zero-order valence-electron chi connectivity index (χ0n) is 16.7. The summed E-state index contributed by atoms with van der Waals surface area (Å²) in [5, 5.41) is 4.48. The van der Waals surface area contributed by atoms with Gasteiger partial charge < -0.3 is 4.90 Å². The number of ketones is 1. The van der Waals surface area contributed by atoms with E-state index in [1.807, 2.05) is 54.9 Å². The lowest BCUT2D eigenvalue weighted by atomic mass is 9.91. The molecule has 1 saturated heterocycles. The van der Waals surface area contributed by atoms with Gasteiger partial charge in [-0.05, 0) is 69.2 Å². The van der Waals surface area contributed by atoms with Crippen LogP contribution in [-0.4, -0.2) is 44.4 Å². The molecule has 0 unspecified atom stereocenters. The summed E-state index contributed by atoms with van der Waals surface area (Å²) in [4.78, 5) is 31.7. The van der Waals surface area contributed by atoms with Crippen molar-refractivity contribution in [2.45, 2.75) is 26.7 Å². The quantitative estimate of drug-likeness (QED) is 0.640. The number of aryl methyl sites for hydroxylation is 2. The Balaban J connectivity index is 1.47. The zero-order valence-corrected chi connectivity index (χ0v) is 16.7. The summed E-state index contributed by atoms with van der Waals surface area (Å²) in [6.07, 6.45) is 3.23. The largest absolute Gasteiger partial charge is 0.338 e. The number of hydrogen-bond donors (Lipinski definition) is 0. The van der Waals surface area contributed by atoms with Gasteiger partial charge in [0.25, 0.3) is 5.91 Å². The van der Waals surface area contributed by atoms with E-state index in [4.69, 9.17) is 0 Å². The van der Waals surface area contributed by atoms with E-state index in [0.717, 1.165) is 29.9 Å². The van der Waals surface area contributed by atoms with E-state index in [1.54, 1.807) is 23.2 Å². The van der Waals surface area contributed by atoms with E-state index < -0.39 is 0 Å². The normalized spacial score (nSPS) is 16.6. The van der Waals surface area contributed by atoms with Gasteiger partial charge >= 0.3 is 0 Å². The van der Waals surface area contributed by atoms with Gasteiger partial charge in [0.2, 0.25) is 0 Å². The molecule has 29 heavy (non-hydrogen) atoms. The van der Waals surface area contributed by atoms with Crippen LogP contribution in [0.3, 0.4) is 0 Å². The van der Waals surface area contributed by atoms with Crippen molar-refractivity contribution in [1.82, 2.24) is 19.7 Å². The molecule has 6 heteroatoms. The fourth-order valence-electron chi connectivity index (χ4n) is 3.91. The number of nitrogens with zero attached hydrogens (tertiary/aromatic N) is 4. The lowest BCUT2D eigenvalue weighted by Crippen LogP contribution is -2.42. The van der Waals surface area contributed by atoms with E-state index in [0.29, 0.717) is 24.3 Å².